The van der Waals surface area contributed by atoms with E-state index in [1.165, 1.54) is 9.80 Å². The van der Waals surface area contributed by atoms with Crippen molar-refractivity contribution in [2.24, 2.45) is 5.41 Å². The number of nitrogens with zero attached hydrogens (tertiary/aromatic N) is 2. The van der Waals surface area contributed by atoms with Gasteiger partial charge in [-0.3, -0.25) is 19.4 Å². The number of urea groups is 1. The molecule has 0 bridgehead atoms. The third-order valence-corrected chi connectivity index (χ3v) is 5.33. The van der Waals surface area contributed by atoms with Crippen LogP contribution in [-0.4, -0.2) is 27.6 Å². The summed E-state index contributed by atoms with van der Waals surface area (Å²) in [4.78, 5) is 42.8. The summed E-state index contributed by atoms with van der Waals surface area (Å²) in [6.07, 6.45) is 5.58. The standard InChI is InChI=1S/C25H26N2O3/c1-3-5-17-25(16-4-2)22(28)26(18-20-12-8-6-9-13-20)24(30)27(23(25)29)19-21-14-10-7-11-15-21/h3-15H,2,16-19H2,1H3/b5-3+. The number of allylic oxidation sites excluding steroid dienone is 3. The summed E-state index contributed by atoms with van der Waals surface area (Å²) in [5.74, 6) is -0.938. The average molecular weight is 402 g/mol. The van der Waals surface area contributed by atoms with Crippen LogP contribution in [0.4, 0.5) is 4.79 Å². The summed E-state index contributed by atoms with van der Waals surface area (Å²) in [6.45, 7) is 5.84. The Bertz CT molecular complexity index is 887. The van der Waals surface area contributed by atoms with Gasteiger partial charge in [-0.05, 0) is 30.9 Å². The SMILES string of the molecule is C=CCC1(C/C=C/C)C(=O)N(Cc2ccccc2)C(=O)N(Cc2ccccc2)C1=O. The number of hydrogen-bond donors (Lipinski definition) is 0. The van der Waals surface area contributed by atoms with Crippen LogP contribution in [0.25, 0.3) is 0 Å². The van der Waals surface area contributed by atoms with Crippen molar-refractivity contribution >= 4 is 17.8 Å². The molecule has 1 aliphatic heterocycles. The number of benzene rings is 2. The third-order valence-electron chi connectivity index (χ3n) is 5.33. The van der Waals surface area contributed by atoms with Crippen molar-refractivity contribution in [3.8, 4) is 0 Å². The predicted molar refractivity (Wildman–Crippen MR) is 116 cm³/mol. The maximum Gasteiger partial charge on any atom is 0.334 e. The largest absolute Gasteiger partial charge is 0.334 e. The molecule has 0 spiro atoms. The molecular weight excluding hydrogens is 376 g/mol. The van der Waals surface area contributed by atoms with Crippen LogP contribution in [0.2, 0.25) is 0 Å². The molecule has 1 fully saturated rings. The summed E-state index contributed by atoms with van der Waals surface area (Å²) in [7, 11) is 0. The second-order valence-electron chi connectivity index (χ2n) is 7.38. The summed E-state index contributed by atoms with van der Waals surface area (Å²) >= 11 is 0. The van der Waals surface area contributed by atoms with E-state index in [1.54, 1.807) is 12.2 Å². The first kappa shape index (κ1) is 21.2. The Morgan fingerprint density at radius 3 is 1.67 bits per heavy atom. The number of rotatable bonds is 8. The lowest BCUT2D eigenvalue weighted by molar-refractivity contribution is -0.159. The molecule has 0 saturated carbocycles. The minimum absolute atomic E-state index is 0.117. The first-order valence-electron chi connectivity index (χ1n) is 10.0. The summed E-state index contributed by atoms with van der Waals surface area (Å²) in [6, 6.07) is 18.0. The van der Waals surface area contributed by atoms with Crippen LogP contribution in [0.3, 0.4) is 0 Å². The van der Waals surface area contributed by atoms with Crippen molar-refractivity contribution in [2.45, 2.75) is 32.9 Å². The van der Waals surface area contributed by atoms with Gasteiger partial charge in [0.2, 0.25) is 11.8 Å². The van der Waals surface area contributed by atoms with E-state index < -0.39 is 23.3 Å². The van der Waals surface area contributed by atoms with Crippen molar-refractivity contribution in [2.75, 3.05) is 0 Å². The smallest absolute Gasteiger partial charge is 0.273 e. The maximum absolute atomic E-state index is 13.5. The lowest BCUT2D eigenvalue weighted by Crippen LogP contribution is -2.64. The number of imide groups is 2. The molecule has 3 rings (SSSR count). The molecule has 2 aromatic carbocycles. The molecule has 0 atom stereocenters. The van der Waals surface area contributed by atoms with Crippen LogP contribution >= 0.6 is 0 Å². The van der Waals surface area contributed by atoms with Crippen molar-refractivity contribution in [1.82, 2.24) is 9.80 Å². The monoisotopic (exact) mass is 402 g/mol. The molecule has 1 heterocycles. The number of amides is 4. The number of barbiturate groups is 1. The maximum atomic E-state index is 13.5. The number of hydrogen-bond acceptors (Lipinski definition) is 3. The summed E-state index contributed by atoms with van der Waals surface area (Å²) in [5.41, 5.74) is 0.282. The predicted octanol–water partition coefficient (Wildman–Crippen LogP) is 4.71. The number of carbonyl (C=O) groups is 3. The van der Waals surface area contributed by atoms with Crippen LogP contribution in [0.5, 0.6) is 0 Å². The molecule has 30 heavy (non-hydrogen) atoms. The van der Waals surface area contributed by atoms with E-state index in [9.17, 15) is 14.4 Å². The van der Waals surface area contributed by atoms with Gasteiger partial charge in [0, 0.05) is 0 Å². The van der Waals surface area contributed by atoms with Crippen LogP contribution in [-0.2, 0) is 22.7 Å². The molecule has 0 aromatic heterocycles. The lowest BCUT2D eigenvalue weighted by Gasteiger charge is -2.43. The van der Waals surface area contributed by atoms with E-state index in [4.69, 9.17) is 0 Å². The Kier molecular flexibility index (Phi) is 6.62. The van der Waals surface area contributed by atoms with E-state index in [-0.39, 0.29) is 25.9 Å². The van der Waals surface area contributed by atoms with Crippen molar-refractivity contribution < 1.29 is 14.4 Å². The van der Waals surface area contributed by atoms with E-state index in [0.717, 1.165) is 11.1 Å². The average Bonchev–Trinajstić information content (AvgIpc) is 2.78. The van der Waals surface area contributed by atoms with Crippen LogP contribution < -0.4 is 0 Å². The Morgan fingerprint density at radius 2 is 1.27 bits per heavy atom. The zero-order valence-corrected chi connectivity index (χ0v) is 17.2. The highest BCUT2D eigenvalue weighted by Crippen LogP contribution is 2.38. The van der Waals surface area contributed by atoms with E-state index in [2.05, 4.69) is 6.58 Å². The van der Waals surface area contributed by atoms with E-state index in [0.29, 0.717) is 0 Å². The highest BCUT2D eigenvalue weighted by atomic mass is 16.2. The molecule has 0 radical (unpaired) electrons. The number of carbonyl (C=O) groups excluding carboxylic acids is 3. The first-order valence-corrected chi connectivity index (χ1v) is 10.0. The van der Waals surface area contributed by atoms with Crippen molar-refractivity contribution in [3.63, 3.8) is 0 Å². The fraction of sp³-hybridized carbons (Fsp3) is 0.240. The second-order valence-corrected chi connectivity index (χ2v) is 7.38. The Morgan fingerprint density at radius 1 is 0.800 bits per heavy atom. The Balaban J connectivity index is 2.05. The van der Waals surface area contributed by atoms with Crippen LogP contribution in [0, 0.1) is 5.41 Å². The minimum Gasteiger partial charge on any atom is -0.273 e. The van der Waals surface area contributed by atoms with Crippen molar-refractivity contribution in [3.05, 3.63) is 96.6 Å². The molecule has 4 amide bonds. The molecule has 0 unspecified atom stereocenters. The molecule has 5 nitrogen and oxygen atoms in total. The molecular formula is C25H26N2O3. The molecule has 0 N–H and O–H groups in total. The van der Waals surface area contributed by atoms with E-state index in [1.807, 2.05) is 73.7 Å². The van der Waals surface area contributed by atoms with Gasteiger partial charge in [-0.1, -0.05) is 78.9 Å². The highest BCUT2D eigenvalue weighted by molar-refractivity contribution is 6.19. The van der Waals surface area contributed by atoms with E-state index >= 15 is 0 Å². The Labute approximate surface area is 177 Å². The van der Waals surface area contributed by atoms with Gasteiger partial charge in [0.1, 0.15) is 5.41 Å². The minimum atomic E-state index is -1.37. The Hall–Kier alpha value is -3.47. The lowest BCUT2D eigenvalue weighted by atomic mass is 9.76. The van der Waals surface area contributed by atoms with Gasteiger partial charge in [0.05, 0.1) is 13.1 Å². The zero-order chi connectivity index (χ0) is 21.6. The topological polar surface area (TPSA) is 57.7 Å². The van der Waals surface area contributed by atoms with Gasteiger partial charge < -0.3 is 0 Å². The second kappa shape index (κ2) is 9.35. The fourth-order valence-corrected chi connectivity index (χ4v) is 3.74. The van der Waals surface area contributed by atoms with Gasteiger partial charge in [0.25, 0.3) is 0 Å². The molecule has 154 valence electrons. The normalized spacial score (nSPS) is 16.4. The molecule has 1 aliphatic rings. The van der Waals surface area contributed by atoms with Gasteiger partial charge in [-0.2, -0.15) is 0 Å². The zero-order valence-electron chi connectivity index (χ0n) is 17.2. The first-order chi connectivity index (χ1) is 14.5. The van der Waals surface area contributed by atoms with Gasteiger partial charge in [-0.15, -0.1) is 6.58 Å². The third kappa shape index (κ3) is 4.10. The quantitative estimate of drug-likeness (QED) is 0.475. The van der Waals surface area contributed by atoms with Crippen LogP contribution in [0.1, 0.15) is 30.9 Å². The van der Waals surface area contributed by atoms with Crippen LogP contribution in [0.15, 0.2) is 85.5 Å². The van der Waals surface area contributed by atoms with Gasteiger partial charge >= 0.3 is 6.03 Å². The van der Waals surface area contributed by atoms with Gasteiger partial charge in [0.15, 0.2) is 0 Å². The van der Waals surface area contributed by atoms with Gasteiger partial charge in [-0.25, -0.2) is 4.79 Å². The molecule has 2 aromatic rings. The van der Waals surface area contributed by atoms with Crippen molar-refractivity contribution in [1.29, 1.82) is 0 Å². The summed E-state index contributed by atoms with van der Waals surface area (Å²) in [5, 5.41) is 0. The fourth-order valence-electron chi connectivity index (χ4n) is 3.74. The molecule has 1 saturated heterocycles. The highest BCUT2D eigenvalue weighted by Gasteiger charge is 2.55. The molecule has 5 heteroatoms. The molecule has 0 aliphatic carbocycles. The summed E-state index contributed by atoms with van der Waals surface area (Å²) < 4.78 is 0.